The number of carbonyl (C=O) groups excluding carboxylic acids is 1. The zero-order valence-corrected chi connectivity index (χ0v) is 10.4. The Labute approximate surface area is 104 Å². The molecular weight excluding hydrogens is 254 g/mol. The van der Waals surface area contributed by atoms with Crippen molar-refractivity contribution in [3.63, 3.8) is 0 Å². The second-order valence-electron chi connectivity index (χ2n) is 3.72. The Kier molecular flexibility index (Phi) is 3.20. The predicted octanol–water partition coefficient (Wildman–Crippen LogP) is 1.71. The molecule has 0 atom stereocenters. The molecule has 0 saturated carbocycles. The molecule has 0 unspecified atom stereocenters. The van der Waals surface area contributed by atoms with Gasteiger partial charge in [0, 0.05) is 0 Å². The highest BCUT2D eigenvalue weighted by atomic mass is 32.2. The van der Waals surface area contributed by atoms with Gasteiger partial charge in [0.05, 0.1) is 11.2 Å². The molecule has 1 amide bonds. The molecule has 0 aliphatic heterocycles. The molecular formula is C12H11NO4S. The van der Waals surface area contributed by atoms with Gasteiger partial charge in [-0.25, -0.2) is 13.1 Å². The number of rotatable bonds is 3. The maximum absolute atomic E-state index is 11.9. The van der Waals surface area contributed by atoms with Gasteiger partial charge in [0.25, 0.3) is 10.0 Å². The number of furan rings is 1. The fourth-order valence-corrected chi connectivity index (χ4v) is 2.31. The molecule has 0 bridgehead atoms. The summed E-state index contributed by atoms with van der Waals surface area (Å²) < 4.78 is 30.5. The summed E-state index contributed by atoms with van der Waals surface area (Å²) in [6.07, 6.45) is 1.30. The molecule has 0 radical (unpaired) electrons. The first-order chi connectivity index (χ1) is 8.49. The Morgan fingerprint density at radius 3 is 2.39 bits per heavy atom. The molecule has 0 aliphatic rings. The lowest BCUT2D eigenvalue weighted by molar-refractivity contribution is 0.0954. The van der Waals surface area contributed by atoms with Crippen LogP contribution < -0.4 is 4.72 Å². The Morgan fingerprint density at radius 2 is 1.83 bits per heavy atom. The maximum Gasteiger partial charge on any atom is 0.300 e. The van der Waals surface area contributed by atoms with Crippen molar-refractivity contribution >= 4 is 15.9 Å². The van der Waals surface area contributed by atoms with Gasteiger partial charge in [-0.2, -0.15) is 0 Å². The second-order valence-corrected chi connectivity index (χ2v) is 5.41. The van der Waals surface area contributed by atoms with Crippen LogP contribution in [0.4, 0.5) is 0 Å². The van der Waals surface area contributed by atoms with Crippen LogP contribution in [0.15, 0.2) is 52.0 Å². The number of hydrogen-bond acceptors (Lipinski definition) is 4. The van der Waals surface area contributed by atoms with Crippen LogP contribution in [0.5, 0.6) is 0 Å². The van der Waals surface area contributed by atoms with Crippen molar-refractivity contribution in [2.75, 3.05) is 0 Å². The minimum atomic E-state index is -3.86. The summed E-state index contributed by atoms with van der Waals surface area (Å²) in [5.74, 6) is -0.841. The largest absolute Gasteiger partial charge is 0.459 e. The van der Waals surface area contributed by atoms with Gasteiger partial charge in [0.1, 0.15) is 0 Å². The summed E-state index contributed by atoms with van der Waals surface area (Å²) >= 11 is 0. The third kappa shape index (κ3) is 2.60. The van der Waals surface area contributed by atoms with Crippen LogP contribution in [0.3, 0.4) is 0 Å². The van der Waals surface area contributed by atoms with Crippen molar-refractivity contribution < 1.29 is 17.6 Å². The molecule has 5 nitrogen and oxygen atoms in total. The van der Waals surface area contributed by atoms with Crippen molar-refractivity contribution in [2.45, 2.75) is 11.8 Å². The van der Waals surface area contributed by atoms with E-state index in [1.807, 2.05) is 11.6 Å². The minimum Gasteiger partial charge on any atom is -0.459 e. The molecule has 1 heterocycles. The van der Waals surface area contributed by atoms with Crippen LogP contribution in [0.1, 0.15) is 16.1 Å². The highest BCUT2D eigenvalue weighted by Crippen LogP contribution is 2.11. The molecule has 0 saturated heterocycles. The fourth-order valence-electron chi connectivity index (χ4n) is 1.36. The number of hydrogen-bond donors (Lipinski definition) is 1. The number of sulfonamides is 1. The van der Waals surface area contributed by atoms with E-state index >= 15 is 0 Å². The van der Waals surface area contributed by atoms with Gasteiger partial charge in [-0.3, -0.25) is 4.79 Å². The molecule has 0 fully saturated rings. The minimum absolute atomic E-state index is 0.0352. The van der Waals surface area contributed by atoms with E-state index in [1.54, 1.807) is 12.1 Å². The van der Waals surface area contributed by atoms with E-state index in [2.05, 4.69) is 0 Å². The fraction of sp³-hybridized carbons (Fsp3) is 0.0833. The van der Waals surface area contributed by atoms with Crippen molar-refractivity contribution in [2.24, 2.45) is 0 Å². The lowest BCUT2D eigenvalue weighted by Crippen LogP contribution is -2.30. The molecule has 94 valence electrons. The average Bonchev–Trinajstić information content (AvgIpc) is 2.82. The molecule has 0 aliphatic carbocycles. The first-order valence-corrected chi connectivity index (χ1v) is 6.65. The molecule has 6 heteroatoms. The van der Waals surface area contributed by atoms with Crippen molar-refractivity contribution in [3.05, 3.63) is 54.0 Å². The van der Waals surface area contributed by atoms with Crippen LogP contribution in [0, 0.1) is 6.92 Å². The van der Waals surface area contributed by atoms with E-state index in [9.17, 15) is 13.2 Å². The number of amides is 1. The van der Waals surface area contributed by atoms with Crippen molar-refractivity contribution in [3.8, 4) is 0 Å². The first-order valence-electron chi connectivity index (χ1n) is 5.16. The normalized spacial score (nSPS) is 11.2. The first kappa shape index (κ1) is 12.4. The van der Waals surface area contributed by atoms with E-state index in [0.29, 0.717) is 0 Å². The summed E-state index contributed by atoms with van der Waals surface area (Å²) in [6.45, 7) is 1.85. The Balaban J connectivity index is 2.22. The Hall–Kier alpha value is -2.08. The third-order valence-corrected chi connectivity index (χ3v) is 3.65. The Bertz CT molecular complexity index is 642. The highest BCUT2D eigenvalue weighted by molar-refractivity contribution is 7.90. The number of nitrogens with one attached hydrogen (secondary N) is 1. The van der Waals surface area contributed by atoms with Crippen LogP contribution in [-0.4, -0.2) is 14.3 Å². The van der Waals surface area contributed by atoms with Crippen LogP contribution in [0.2, 0.25) is 0 Å². The lowest BCUT2D eigenvalue weighted by atomic mass is 10.2. The summed E-state index contributed by atoms with van der Waals surface area (Å²) in [5, 5.41) is 0. The standard InChI is InChI=1S/C12H11NO4S/c1-9-4-6-10(7-5-9)18(15,16)13-12(14)11-3-2-8-17-11/h2-8H,1H3,(H,13,14). The number of carbonyl (C=O) groups is 1. The highest BCUT2D eigenvalue weighted by Gasteiger charge is 2.19. The summed E-state index contributed by atoms with van der Waals surface area (Å²) in [4.78, 5) is 11.6. The van der Waals surface area contributed by atoms with Crippen molar-refractivity contribution in [1.29, 1.82) is 0 Å². The quantitative estimate of drug-likeness (QED) is 0.916. The lowest BCUT2D eigenvalue weighted by Gasteiger charge is -2.05. The predicted molar refractivity (Wildman–Crippen MR) is 64.5 cm³/mol. The van der Waals surface area contributed by atoms with Crippen LogP contribution in [-0.2, 0) is 10.0 Å². The molecule has 1 aromatic heterocycles. The van der Waals surface area contributed by atoms with E-state index < -0.39 is 15.9 Å². The van der Waals surface area contributed by atoms with Gasteiger partial charge in [-0.05, 0) is 31.2 Å². The SMILES string of the molecule is Cc1ccc(S(=O)(=O)NC(=O)c2ccco2)cc1. The van der Waals surface area contributed by atoms with Gasteiger partial charge < -0.3 is 4.42 Å². The zero-order chi connectivity index (χ0) is 13.2. The maximum atomic E-state index is 11.9. The molecule has 1 N–H and O–H groups in total. The molecule has 1 aromatic carbocycles. The summed E-state index contributed by atoms with van der Waals surface area (Å²) in [5.41, 5.74) is 0.936. The molecule has 2 aromatic rings. The third-order valence-electron chi connectivity index (χ3n) is 2.30. The van der Waals surface area contributed by atoms with Gasteiger partial charge in [-0.1, -0.05) is 17.7 Å². The summed E-state index contributed by atoms with van der Waals surface area (Å²) in [7, 11) is -3.86. The van der Waals surface area contributed by atoms with Gasteiger partial charge in [-0.15, -0.1) is 0 Å². The summed E-state index contributed by atoms with van der Waals surface area (Å²) in [6, 6.07) is 9.09. The molecule has 0 spiro atoms. The van der Waals surface area contributed by atoms with E-state index in [-0.39, 0.29) is 10.7 Å². The van der Waals surface area contributed by atoms with Gasteiger partial charge >= 0.3 is 5.91 Å². The van der Waals surface area contributed by atoms with Gasteiger partial charge in [0.15, 0.2) is 5.76 Å². The zero-order valence-electron chi connectivity index (χ0n) is 9.58. The van der Waals surface area contributed by atoms with Crippen LogP contribution in [0.25, 0.3) is 0 Å². The second kappa shape index (κ2) is 4.66. The van der Waals surface area contributed by atoms with E-state index in [4.69, 9.17) is 4.42 Å². The van der Waals surface area contributed by atoms with E-state index in [0.717, 1.165) is 5.56 Å². The smallest absolute Gasteiger partial charge is 0.300 e. The monoisotopic (exact) mass is 265 g/mol. The molecule has 2 rings (SSSR count). The topological polar surface area (TPSA) is 76.4 Å². The van der Waals surface area contributed by atoms with Gasteiger partial charge in [0.2, 0.25) is 0 Å². The number of benzene rings is 1. The van der Waals surface area contributed by atoms with Crippen molar-refractivity contribution in [1.82, 2.24) is 4.72 Å². The number of aryl methyl sites for hydroxylation is 1. The Morgan fingerprint density at radius 1 is 1.17 bits per heavy atom. The average molecular weight is 265 g/mol. The molecule has 18 heavy (non-hydrogen) atoms. The van der Waals surface area contributed by atoms with E-state index in [1.165, 1.54) is 30.5 Å². The van der Waals surface area contributed by atoms with Crippen LogP contribution >= 0.6 is 0 Å².